The summed E-state index contributed by atoms with van der Waals surface area (Å²) in [6.45, 7) is 1.34. The fourth-order valence-electron chi connectivity index (χ4n) is 3.31. The maximum atomic E-state index is 12.8. The molecule has 1 aromatic heterocycles. The molecular formula is C23H31N7O7. The second-order valence-corrected chi connectivity index (χ2v) is 8.45. The maximum Gasteiger partial charge on any atom is 0.326 e. The van der Waals surface area contributed by atoms with Crippen LogP contribution >= 0.6 is 0 Å². The number of carbonyl (C=O) groups excluding carboxylic acids is 4. The number of hydrogen-bond donors (Lipinski definition) is 8. The lowest BCUT2D eigenvalue weighted by atomic mass is 10.0. The number of benzene rings is 1. The molecule has 0 bridgehead atoms. The Hall–Kier alpha value is -4.46. The van der Waals surface area contributed by atoms with Crippen molar-refractivity contribution < 1.29 is 34.2 Å². The number of aromatic hydroxyl groups is 1. The van der Waals surface area contributed by atoms with Gasteiger partial charge in [0.2, 0.25) is 23.6 Å². The predicted octanol–water partition coefficient (Wildman–Crippen LogP) is -1.95. The summed E-state index contributed by atoms with van der Waals surface area (Å²) in [5, 5.41) is 26.0. The van der Waals surface area contributed by atoms with E-state index in [1.165, 1.54) is 31.6 Å². The van der Waals surface area contributed by atoms with Gasteiger partial charge in [0.25, 0.3) is 0 Å². The van der Waals surface area contributed by atoms with E-state index < -0.39 is 53.8 Å². The Bertz CT molecular complexity index is 1090. The van der Waals surface area contributed by atoms with Crippen molar-refractivity contribution in [2.75, 3.05) is 0 Å². The molecule has 0 aliphatic heterocycles. The molecule has 0 aliphatic carbocycles. The lowest BCUT2D eigenvalue weighted by Gasteiger charge is -2.23. The Labute approximate surface area is 212 Å². The molecule has 0 saturated heterocycles. The van der Waals surface area contributed by atoms with E-state index in [0.29, 0.717) is 11.3 Å². The van der Waals surface area contributed by atoms with E-state index >= 15 is 0 Å². The summed E-state index contributed by atoms with van der Waals surface area (Å²) in [5.41, 5.74) is 12.3. The Kier molecular flexibility index (Phi) is 10.6. The number of H-pyrrole nitrogens is 1. The monoisotopic (exact) mass is 517 g/mol. The van der Waals surface area contributed by atoms with E-state index in [0.717, 1.165) is 0 Å². The van der Waals surface area contributed by atoms with Crippen molar-refractivity contribution >= 4 is 29.6 Å². The number of carboxylic acid groups (broad SMARTS) is 1. The van der Waals surface area contributed by atoms with Gasteiger partial charge < -0.3 is 42.6 Å². The Morgan fingerprint density at radius 1 is 0.973 bits per heavy atom. The van der Waals surface area contributed by atoms with Crippen molar-refractivity contribution in [1.29, 1.82) is 0 Å². The highest BCUT2D eigenvalue weighted by atomic mass is 16.4. The SMILES string of the molecule is CC(NC(=O)C(CCC(N)=O)NC(=O)C(N)Cc1ccc(O)cc1)C(=O)NC(Cc1cnc[nH]1)C(=O)O. The molecule has 4 atom stereocenters. The van der Waals surface area contributed by atoms with Crippen molar-refractivity contribution in [2.24, 2.45) is 11.5 Å². The van der Waals surface area contributed by atoms with E-state index in [9.17, 15) is 34.2 Å². The first-order valence-electron chi connectivity index (χ1n) is 11.4. The van der Waals surface area contributed by atoms with Gasteiger partial charge in [-0.1, -0.05) is 12.1 Å². The number of nitrogens with zero attached hydrogens (tertiary/aromatic N) is 1. The van der Waals surface area contributed by atoms with Crippen LogP contribution in [-0.4, -0.2) is 73.9 Å². The molecule has 0 fully saturated rings. The first kappa shape index (κ1) is 28.8. The lowest BCUT2D eigenvalue weighted by Crippen LogP contribution is -2.56. The minimum absolute atomic E-state index is 0.0547. The van der Waals surface area contributed by atoms with Crippen LogP contribution in [0.4, 0.5) is 0 Å². The maximum absolute atomic E-state index is 12.8. The molecule has 200 valence electrons. The first-order valence-corrected chi connectivity index (χ1v) is 11.4. The largest absolute Gasteiger partial charge is 0.508 e. The van der Waals surface area contributed by atoms with E-state index in [1.807, 2.05) is 0 Å². The quantitative estimate of drug-likeness (QED) is 0.139. The molecule has 2 aromatic rings. The van der Waals surface area contributed by atoms with Crippen molar-refractivity contribution in [2.45, 2.75) is 56.8 Å². The van der Waals surface area contributed by atoms with Gasteiger partial charge >= 0.3 is 5.97 Å². The highest BCUT2D eigenvalue weighted by Gasteiger charge is 2.29. The number of aromatic nitrogens is 2. The van der Waals surface area contributed by atoms with Crippen LogP contribution in [-0.2, 0) is 36.8 Å². The number of nitrogens with two attached hydrogens (primary N) is 2. The number of imidazole rings is 1. The zero-order chi connectivity index (χ0) is 27.5. The van der Waals surface area contributed by atoms with Crippen molar-refractivity contribution in [3.05, 3.63) is 48.0 Å². The minimum atomic E-state index is -1.28. The third kappa shape index (κ3) is 9.60. The number of rotatable bonds is 14. The number of carboxylic acids is 1. The van der Waals surface area contributed by atoms with Gasteiger partial charge in [-0.3, -0.25) is 19.2 Å². The zero-order valence-corrected chi connectivity index (χ0v) is 20.1. The van der Waals surface area contributed by atoms with Gasteiger partial charge in [-0.2, -0.15) is 0 Å². The molecule has 10 N–H and O–H groups in total. The van der Waals surface area contributed by atoms with Crippen molar-refractivity contribution in [1.82, 2.24) is 25.9 Å². The van der Waals surface area contributed by atoms with Gasteiger partial charge in [0.1, 0.15) is 23.9 Å². The van der Waals surface area contributed by atoms with Crippen LogP contribution in [0.1, 0.15) is 31.0 Å². The smallest absolute Gasteiger partial charge is 0.326 e. The molecule has 37 heavy (non-hydrogen) atoms. The summed E-state index contributed by atoms with van der Waals surface area (Å²) in [7, 11) is 0. The van der Waals surface area contributed by atoms with Gasteiger partial charge in [0.05, 0.1) is 12.4 Å². The number of hydrogen-bond acceptors (Lipinski definition) is 8. The first-order chi connectivity index (χ1) is 17.5. The molecule has 0 saturated carbocycles. The fourth-order valence-corrected chi connectivity index (χ4v) is 3.31. The number of amides is 4. The molecule has 0 spiro atoms. The van der Waals surface area contributed by atoms with Gasteiger partial charge in [-0.05, 0) is 37.5 Å². The molecule has 0 radical (unpaired) electrons. The molecule has 0 aliphatic rings. The highest BCUT2D eigenvalue weighted by Crippen LogP contribution is 2.11. The summed E-state index contributed by atoms with van der Waals surface area (Å²) < 4.78 is 0. The van der Waals surface area contributed by atoms with E-state index in [4.69, 9.17) is 11.5 Å². The Balaban J connectivity index is 2.00. The number of phenols is 1. The van der Waals surface area contributed by atoms with E-state index in [-0.39, 0.29) is 31.4 Å². The summed E-state index contributed by atoms with van der Waals surface area (Å²) in [5.74, 6) is -4.16. The van der Waals surface area contributed by atoms with Gasteiger partial charge in [-0.25, -0.2) is 9.78 Å². The van der Waals surface area contributed by atoms with Crippen LogP contribution in [0.3, 0.4) is 0 Å². The highest BCUT2D eigenvalue weighted by molar-refractivity contribution is 5.94. The summed E-state index contributed by atoms with van der Waals surface area (Å²) in [6, 6.07) is 1.34. The van der Waals surface area contributed by atoms with Crippen LogP contribution in [0.5, 0.6) is 5.75 Å². The lowest BCUT2D eigenvalue weighted by molar-refractivity contribution is -0.142. The van der Waals surface area contributed by atoms with Crippen molar-refractivity contribution in [3.8, 4) is 5.75 Å². The van der Waals surface area contributed by atoms with Crippen LogP contribution in [0.2, 0.25) is 0 Å². The molecule has 1 aromatic carbocycles. The van der Waals surface area contributed by atoms with E-state index in [1.54, 1.807) is 12.1 Å². The second kappa shape index (κ2) is 13.6. The summed E-state index contributed by atoms with van der Waals surface area (Å²) in [4.78, 5) is 67.4. The van der Waals surface area contributed by atoms with Crippen LogP contribution in [0, 0.1) is 0 Å². The van der Waals surface area contributed by atoms with E-state index in [2.05, 4.69) is 25.9 Å². The normalized spacial score (nSPS) is 14.0. The Morgan fingerprint density at radius 3 is 2.19 bits per heavy atom. The van der Waals surface area contributed by atoms with Gasteiger partial charge in [0.15, 0.2) is 0 Å². The average molecular weight is 518 g/mol. The second-order valence-electron chi connectivity index (χ2n) is 8.45. The molecule has 2 rings (SSSR count). The van der Waals surface area contributed by atoms with Gasteiger partial charge in [-0.15, -0.1) is 0 Å². The predicted molar refractivity (Wildman–Crippen MR) is 130 cm³/mol. The third-order valence-electron chi connectivity index (χ3n) is 5.39. The topological polar surface area (TPSA) is 243 Å². The minimum Gasteiger partial charge on any atom is -0.508 e. The number of aliphatic carboxylic acids is 1. The molecule has 4 amide bonds. The molecular weight excluding hydrogens is 486 g/mol. The Morgan fingerprint density at radius 2 is 1.62 bits per heavy atom. The van der Waals surface area contributed by atoms with Gasteiger partial charge in [0, 0.05) is 24.7 Å². The van der Waals surface area contributed by atoms with Crippen LogP contribution in [0.25, 0.3) is 0 Å². The molecule has 4 unspecified atom stereocenters. The fraction of sp³-hybridized carbons (Fsp3) is 0.391. The molecule has 14 heteroatoms. The standard InChI is InChI=1S/C23H31N7O7/c1-12(20(33)30-18(23(36)37)9-14-10-26-11-27-14)28-22(35)17(6-7-19(25)32)29-21(34)16(24)8-13-2-4-15(31)5-3-13/h2-5,10-12,16-18,31H,6-9,24H2,1H3,(H2,25,32)(H,26,27)(H,28,35)(H,29,34)(H,30,33)(H,36,37). The van der Waals surface area contributed by atoms with Crippen molar-refractivity contribution in [3.63, 3.8) is 0 Å². The summed E-state index contributed by atoms with van der Waals surface area (Å²) >= 11 is 0. The molecule has 1 heterocycles. The van der Waals surface area contributed by atoms with Crippen LogP contribution in [0.15, 0.2) is 36.8 Å². The number of nitrogens with one attached hydrogen (secondary N) is 4. The summed E-state index contributed by atoms with van der Waals surface area (Å²) in [6.07, 6.45) is 2.48. The third-order valence-corrected chi connectivity index (χ3v) is 5.39. The zero-order valence-electron chi connectivity index (χ0n) is 20.1. The van der Waals surface area contributed by atoms with Crippen LogP contribution < -0.4 is 27.4 Å². The number of primary amides is 1. The average Bonchev–Trinajstić information content (AvgIpc) is 3.35. The number of carbonyl (C=O) groups is 5. The number of aromatic amines is 1. The number of phenolic OH excluding ortho intramolecular Hbond substituents is 1. The molecule has 14 nitrogen and oxygen atoms in total.